The fourth-order valence-corrected chi connectivity index (χ4v) is 2.74. The zero-order valence-corrected chi connectivity index (χ0v) is 12.6. The molecule has 3 rings (SSSR count). The van der Waals surface area contributed by atoms with E-state index in [2.05, 4.69) is 97.1 Å². The van der Waals surface area contributed by atoms with Gasteiger partial charge in [0, 0.05) is 0 Å². The normalized spacial score (nSPS) is 10.7. The highest BCUT2D eigenvalue weighted by molar-refractivity contribution is 6.85. The van der Waals surface area contributed by atoms with Gasteiger partial charge in [-0.1, -0.05) is 114 Å². The molecule has 0 aromatic heterocycles. The molecule has 0 nitrogen and oxygen atoms in total. The minimum Gasteiger partial charge on any atom is -0.0904 e. The third-order valence-electron chi connectivity index (χ3n) is 3.89. The Kier molecular flexibility index (Phi) is 4.89. The van der Waals surface area contributed by atoms with E-state index in [4.69, 9.17) is 0 Å². The Hall–Kier alpha value is -2.54. The van der Waals surface area contributed by atoms with E-state index in [1.165, 1.54) is 16.5 Å². The lowest BCUT2D eigenvalue weighted by Crippen LogP contribution is -2.41. The molecule has 0 saturated carbocycles. The second-order valence-corrected chi connectivity index (χ2v) is 5.42. The highest BCUT2D eigenvalue weighted by Crippen LogP contribution is 2.05. The van der Waals surface area contributed by atoms with Crippen molar-refractivity contribution in [1.29, 1.82) is 0 Å². The Morgan fingerprint density at radius 2 is 1.05 bits per heavy atom. The van der Waals surface area contributed by atoms with Crippen molar-refractivity contribution in [3.8, 4) is 0 Å². The lowest BCUT2D eigenvalue weighted by molar-refractivity contribution is 1.61. The van der Waals surface area contributed by atoms with Gasteiger partial charge in [-0.3, -0.25) is 0 Å². The molecule has 3 aromatic carbocycles. The van der Waals surface area contributed by atoms with Gasteiger partial charge in [-0.05, 0) is 11.9 Å². The summed E-state index contributed by atoms with van der Waals surface area (Å²) in [6.07, 6.45) is 5.49. The highest BCUT2D eigenvalue weighted by Gasteiger charge is 2.16. The summed E-state index contributed by atoms with van der Waals surface area (Å²) in [5.74, 6) is 0. The van der Waals surface area contributed by atoms with Gasteiger partial charge in [-0.2, -0.15) is 0 Å². The van der Waals surface area contributed by atoms with E-state index in [-0.39, 0.29) is 0 Å². The molecule has 106 valence electrons. The molecule has 0 spiro atoms. The van der Waals surface area contributed by atoms with E-state index < -0.39 is 0 Å². The van der Waals surface area contributed by atoms with Gasteiger partial charge in [0.1, 0.15) is 0 Å². The maximum Gasteiger partial charge on any atom is 0.213 e. The summed E-state index contributed by atoms with van der Waals surface area (Å²) in [5.41, 5.74) is 3.99. The number of hydrogen-bond acceptors (Lipinski definition) is 0. The number of benzene rings is 3. The van der Waals surface area contributed by atoms with Crippen molar-refractivity contribution in [3.05, 3.63) is 103 Å². The van der Waals surface area contributed by atoms with Crippen LogP contribution in [0.5, 0.6) is 0 Å². The van der Waals surface area contributed by atoms with Crippen LogP contribution in [0.4, 0.5) is 0 Å². The van der Waals surface area contributed by atoms with Crippen LogP contribution in [0.25, 0.3) is 6.08 Å². The molecule has 0 amide bonds. The van der Waals surface area contributed by atoms with Crippen molar-refractivity contribution in [2.24, 2.45) is 0 Å². The molecular formula is C21H19B. The first-order valence-corrected chi connectivity index (χ1v) is 7.75. The predicted octanol–water partition coefficient (Wildman–Crippen LogP) is 4.01. The molecule has 22 heavy (non-hydrogen) atoms. The van der Waals surface area contributed by atoms with Gasteiger partial charge in [-0.25, -0.2) is 0 Å². The minimum atomic E-state index is 0.405. The Morgan fingerprint density at radius 1 is 0.591 bits per heavy atom. The van der Waals surface area contributed by atoms with Gasteiger partial charge in [-0.15, -0.1) is 0 Å². The largest absolute Gasteiger partial charge is 0.213 e. The average Bonchev–Trinajstić information content (AvgIpc) is 2.61. The first-order valence-electron chi connectivity index (χ1n) is 7.75. The van der Waals surface area contributed by atoms with Crippen LogP contribution in [0.3, 0.4) is 0 Å². The fourth-order valence-electron chi connectivity index (χ4n) is 2.74. The van der Waals surface area contributed by atoms with Gasteiger partial charge in [0.25, 0.3) is 0 Å². The van der Waals surface area contributed by atoms with E-state index >= 15 is 0 Å². The van der Waals surface area contributed by atoms with Gasteiger partial charge in [0.15, 0.2) is 0 Å². The fraction of sp³-hybridized carbons (Fsp3) is 0.0476. The summed E-state index contributed by atoms with van der Waals surface area (Å²) in [4.78, 5) is 0. The van der Waals surface area contributed by atoms with Crippen LogP contribution in [0.1, 0.15) is 5.56 Å². The molecule has 0 radical (unpaired) electrons. The quantitative estimate of drug-likeness (QED) is 0.620. The Balaban J connectivity index is 1.82. The van der Waals surface area contributed by atoms with Crippen LogP contribution < -0.4 is 10.9 Å². The van der Waals surface area contributed by atoms with Crippen molar-refractivity contribution in [3.63, 3.8) is 0 Å². The van der Waals surface area contributed by atoms with Crippen LogP contribution in [0.15, 0.2) is 97.1 Å². The third kappa shape index (κ3) is 3.76. The Bertz CT molecular complexity index is 663. The monoisotopic (exact) mass is 282 g/mol. The first kappa shape index (κ1) is 14.4. The van der Waals surface area contributed by atoms with E-state index in [0.29, 0.717) is 6.71 Å². The zero-order chi connectivity index (χ0) is 15.0. The summed E-state index contributed by atoms with van der Waals surface area (Å²) in [6.45, 7) is 0.405. The van der Waals surface area contributed by atoms with E-state index in [9.17, 15) is 0 Å². The smallest absolute Gasteiger partial charge is 0.0904 e. The summed E-state index contributed by atoms with van der Waals surface area (Å²) >= 11 is 0. The molecular weight excluding hydrogens is 263 g/mol. The SMILES string of the molecule is C(=Cc1ccccc1)CB(c1ccccc1)c1ccccc1. The lowest BCUT2D eigenvalue weighted by Gasteiger charge is -2.12. The summed E-state index contributed by atoms with van der Waals surface area (Å²) < 4.78 is 0. The maximum atomic E-state index is 2.28. The molecule has 0 saturated heterocycles. The molecule has 0 aliphatic heterocycles. The molecule has 0 bridgehead atoms. The molecule has 0 N–H and O–H groups in total. The molecule has 0 fully saturated rings. The Morgan fingerprint density at radius 3 is 1.55 bits per heavy atom. The van der Waals surface area contributed by atoms with Gasteiger partial charge < -0.3 is 0 Å². The van der Waals surface area contributed by atoms with E-state index in [1.807, 2.05) is 6.07 Å². The molecule has 1 heteroatoms. The second-order valence-electron chi connectivity index (χ2n) is 5.42. The minimum absolute atomic E-state index is 0.405. The second kappa shape index (κ2) is 7.47. The standard InChI is InChI=1S/C21H19B/c1-4-11-19(12-5-1)13-10-18-22(20-14-6-2-7-15-20)21-16-8-3-9-17-21/h1-17H,18H2. The molecule has 0 aliphatic carbocycles. The van der Waals surface area contributed by atoms with Crippen molar-refractivity contribution in [2.45, 2.75) is 6.32 Å². The molecule has 0 aliphatic rings. The molecule has 0 unspecified atom stereocenters. The van der Waals surface area contributed by atoms with Crippen LogP contribution >= 0.6 is 0 Å². The number of hydrogen-bond donors (Lipinski definition) is 0. The lowest BCUT2D eigenvalue weighted by atomic mass is 9.39. The molecule has 3 aromatic rings. The zero-order valence-electron chi connectivity index (χ0n) is 12.6. The topological polar surface area (TPSA) is 0 Å². The van der Waals surface area contributed by atoms with Crippen LogP contribution in [-0.4, -0.2) is 6.71 Å². The van der Waals surface area contributed by atoms with Crippen molar-refractivity contribution in [2.75, 3.05) is 0 Å². The molecule has 0 heterocycles. The van der Waals surface area contributed by atoms with Gasteiger partial charge in [0.05, 0.1) is 0 Å². The van der Waals surface area contributed by atoms with E-state index in [1.54, 1.807) is 0 Å². The van der Waals surface area contributed by atoms with E-state index in [0.717, 1.165) is 6.32 Å². The van der Waals surface area contributed by atoms with Crippen LogP contribution in [0.2, 0.25) is 6.32 Å². The van der Waals surface area contributed by atoms with Gasteiger partial charge in [0.2, 0.25) is 6.71 Å². The van der Waals surface area contributed by atoms with Crippen molar-refractivity contribution >= 4 is 23.7 Å². The summed E-state index contributed by atoms with van der Waals surface area (Å²) in [7, 11) is 0. The number of allylic oxidation sites excluding steroid dienone is 1. The average molecular weight is 282 g/mol. The van der Waals surface area contributed by atoms with Crippen LogP contribution in [-0.2, 0) is 0 Å². The summed E-state index contributed by atoms with van der Waals surface area (Å²) in [5, 5.41) is 0. The van der Waals surface area contributed by atoms with Crippen molar-refractivity contribution < 1.29 is 0 Å². The third-order valence-corrected chi connectivity index (χ3v) is 3.89. The maximum absolute atomic E-state index is 2.28. The van der Waals surface area contributed by atoms with Gasteiger partial charge >= 0.3 is 0 Å². The Labute approximate surface area is 133 Å². The highest BCUT2D eigenvalue weighted by atomic mass is 13.9. The van der Waals surface area contributed by atoms with Crippen molar-refractivity contribution in [1.82, 2.24) is 0 Å². The molecule has 0 atom stereocenters. The number of rotatable bonds is 5. The predicted molar refractivity (Wildman–Crippen MR) is 98.2 cm³/mol. The van der Waals surface area contributed by atoms with Crippen LogP contribution in [0, 0.1) is 0 Å². The first-order chi connectivity index (χ1) is 10.9. The summed E-state index contributed by atoms with van der Waals surface area (Å²) in [6, 6.07) is 32.0.